The van der Waals surface area contributed by atoms with Crippen molar-refractivity contribution in [2.45, 2.75) is 19.8 Å². The second-order valence-electron chi connectivity index (χ2n) is 5.80. The van der Waals surface area contributed by atoms with E-state index in [1.807, 2.05) is 19.1 Å². The number of quaternary nitrogens is 1. The van der Waals surface area contributed by atoms with Gasteiger partial charge in [-0.2, -0.15) is 0 Å². The summed E-state index contributed by atoms with van der Waals surface area (Å²) in [5.74, 6) is -0.222. The van der Waals surface area contributed by atoms with Gasteiger partial charge < -0.3 is 9.64 Å². The average Bonchev–Trinajstić information content (AvgIpc) is 3.07. The summed E-state index contributed by atoms with van der Waals surface area (Å²) in [6.07, 6.45) is 2.50. The first-order valence-corrected chi connectivity index (χ1v) is 7.51. The van der Waals surface area contributed by atoms with E-state index < -0.39 is 11.7 Å². The Bertz CT molecular complexity index is 591. The van der Waals surface area contributed by atoms with Crippen LogP contribution in [-0.4, -0.2) is 45.0 Å². The summed E-state index contributed by atoms with van der Waals surface area (Å²) in [6, 6.07) is 3.66. The minimum atomic E-state index is -0.420. The summed E-state index contributed by atoms with van der Waals surface area (Å²) < 4.78 is 5.36. The Kier molecular flexibility index (Phi) is 3.68. The number of methoxy groups -OCH3 is 1. The molecule has 2 aliphatic rings. The third-order valence-electron chi connectivity index (χ3n) is 4.51. The van der Waals surface area contributed by atoms with Gasteiger partial charge in [-0.15, -0.1) is 0 Å². The van der Waals surface area contributed by atoms with Crippen molar-refractivity contribution >= 4 is 17.4 Å². The van der Waals surface area contributed by atoms with Crippen molar-refractivity contribution in [3.05, 3.63) is 23.3 Å². The van der Waals surface area contributed by atoms with E-state index in [9.17, 15) is 9.59 Å². The highest BCUT2D eigenvalue weighted by Crippen LogP contribution is 2.39. The molecule has 112 valence electrons. The smallest absolute Gasteiger partial charge is 0.299 e. The molecule has 0 spiro atoms. The highest BCUT2D eigenvalue weighted by molar-refractivity contribution is 6.53. The number of nitrogens with zero attached hydrogens (tertiary/aromatic N) is 1. The van der Waals surface area contributed by atoms with E-state index in [4.69, 9.17) is 4.74 Å². The van der Waals surface area contributed by atoms with Crippen LogP contribution in [0.25, 0.3) is 0 Å². The maximum Gasteiger partial charge on any atom is 0.299 e. The highest BCUT2D eigenvalue weighted by Gasteiger charge is 2.39. The van der Waals surface area contributed by atoms with Gasteiger partial charge in [-0.25, -0.2) is 0 Å². The van der Waals surface area contributed by atoms with Crippen LogP contribution in [0, 0.1) is 6.92 Å². The zero-order chi connectivity index (χ0) is 15.0. The van der Waals surface area contributed by atoms with Crippen molar-refractivity contribution in [2.24, 2.45) is 0 Å². The number of fused-ring (bicyclic) bond motifs is 1. The number of carbonyl (C=O) groups is 2. The number of aryl methyl sites for hydroxylation is 1. The Labute approximate surface area is 124 Å². The van der Waals surface area contributed by atoms with Gasteiger partial charge in [0.15, 0.2) is 0 Å². The molecule has 1 N–H and O–H groups in total. The fourth-order valence-corrected chi connectivity index (χ4v) is 3.33. The molecule has 1 amide bonds. The number of anilines is 1. The van der Waals surface area contributed by atoms with Gasteiger partial charge >= 0.3 is 0 Å². The van der Waals surface area contributed by atoms with Crippen LogP contribution >= 0.6 is 0 Å². The van der Waals surface area contributed by atoms with E-state index in [1.165, 1.54) is 17.7 Å². The molecule has 0 bridgehead atoms. The van der Waals surface area contributed by atoms with Gasteiger partial charge in [-0.3, -0.25) is 14.5 Å². The van der Waals surface area contributed by atoms with Crippen LogP contribution in [0.5, 0.6) is 5.75 Å². The molecule has 1 aromatic rings. The number of hydrogen-bond acceptors (Lipinski definition) is 3. The van der Waals surface area contributed by atoms with Gasteiger partial charge in [-0.05, 0) is 18.6 Å². The molecule has 2 aliphatic heterocycles. The molecule has 1 aromatic carbocycles. The molecule has 0 radical (unpaired) electrons. The van der Waals surface area contributed by atoms with E-state index in [-0.39, 0.29) is 0 Å². The Balaban J connectivity index is 1.90. The summed E-state index contributed by atoms with van der Waals surface area (Å²) in [5, 5.41) is 0. The molecule has 1 saturated heterocycles. The van der Waals surface area contributed by atoms with Gasteiger partial charge in [0.1, 0.15) is 5.75 Å². The SMILES string of the molecule is COc1ccc(C)c2c1N(CC[NH+]1CCCC1)C(=O)C2=O. The first kappa shape index (κ1) is 14.1. The van der Waals surface area contributed by atoms with Crippen LogP contribution in [0.4, 0.5) is 5.69 Å². The number of carbonyl (C=O) groups excluding carboxylic acids is 2. The Morgan fingerprint density at radius 3 is 2.62 bits per heavy atom. The molecule has 0 atom stereocenters. The number of hydrogen-bond donors (Lipinski definition) is 1. The van der Waals surface area contributed by atoms with Crippen LogP contribution in [0.2, 0.25) is 0 Å². The molecule has 1 fully saturated rings. The Hall–Kier alpha value is -1.88. The molecule has 5 heteroatoms. The number of benzene rings is 1. The molecule has 3 rings (SSSR count). The number of nitrogens with one attached hydrogen (secondary N) is 1. The normalized spacial score (nSPS) is 18.5. The summed E-state index contributed by atoms with van der Waals surface area (Å²) >= 11 is 0. The summed E-state index contributed by atoms with van der Waals surface area (Å²) in [4.78, 5) is 27.7. The number of ether oxygens (including phenoxy) is 1. The van der Waals surface area contributed by atoms with E-state index in [0.717, 1.165) is 25.2 Å². The maximum atomic E-state index is 12.3. The lowest BCUT2D eigenvalue weighted by Gasteiger charge is -2.21. The Morgan fingerprint density at radius 2 is 1.95 bits per heavy atom. The topological polar surface area (TPSA) is 51.1 Å². The second kappa shape index (κ2) is 5.48. The molecule has 2 heterocycles. The summed E-state index contributed by atoms with van der Waals surface area (Å²) in [5.41, 5.74) is 2.00. The minimum absolute atomic E-state index is 0.405. The van der Waals surface area contributed by atoms with Crippen LogP contribution in [-0.2, 0) is 4.79 Å². The molecule has 0 aromatic heterocycles. The molecule has 5 nitrogen and oxygen atoms in total. The fraction of sp³-hybridized carbons (Fsp3) is 0.500. The van der Waals surface area contributed by atoms with Gasteiger partial charge in [0.05, 0.1) is 44.5 Å². The van der Waals surface area contributed by atoms with Gasteiger partial charge in [0, 0.05) is 12.8 Å². The zero-order valence-electron chi connectivity index (χ0n) is 12.6. The van der Waals surface area contributed by atoms with E-state index in [1.54, 1.807) is 12.0 Å². The van der Waals surface area contributed by atoms with Crippen molar-refractivity contribution in [3.8, 4) is 5.75 Å². The van der Waals surface area contributed by atoms with Crippen LogP contribution in [0.1, 0.15) is 28.8 Å². The second-order valence-corrected chi connectivity index (χ2v) is 5.80. The number of ketones is 1. The predicted molar refractivity (Wildman–Crippen MR) is 79.2 cm³/mol. The van der Waals surface area contributed by atoms with E-state index in [2.05, 4.69) is 0 Å². The van der Waals surface area contributed by atoms with Crippen LogP contribution < -0.4 is 14.5 Å². The number of likely N-dealkylation sites (tertiary alicyclic amines) is 1. The van der Waals surface area contributed by atoms with Crippen molar-refractivity contribution in [2.75, 3.05) is 38.2 Å². The van der Waals surface area contributed by atoms with Crippen molar-refractivity contribution in [1.82, 2.24) is 0 Å². The summed E-state index contributed by atoms with van der Waals surface area (Å²) in [6.45, 7) is 5.64. The third-order valence-corrected chi connectivity index (χ3v) is 4.51. The molecule has 0 unspecified atom stereocenters. The zero-order valence-corrected chi connectivity index (χ0v) is 12.6. The number of Topliss-reactive ketones (excluding diaryl/α,β-unsaturated/α-hetero) is 1. The monoisotopic (exact) mass is 289 g/mol. The third kappa shape index (κ3) is 2.31. The molecule has 21 heavy (non-hydrogen) atoms. The fourth-order valence-electron chi connectivity index (χ4n) is 3.33. The van der Waals surface area contributed by atoms with E-state index >= 15 is 0 Å². The predicted octanol–water partition coefficient (Wildman–Crippen LogP) is 0.212. The molecule has 0 aliphatic carbocycles. The Morgan fingerprint density at radius 1 is 1.24 bits per heavy atom. The minimum Gasteiger partial charge on any atom is -0.495 e. The standard InChI is InChI=1S/C16H20N2O3/c1-11-5-6-12(21-2)14-13(11)15(19)16(20)18(14)10-9-17-7-3-4-8-17/h5-6H,3-4,7-10H2,1-2H3/p+1. The quantitative estimate of drug-likeness (QED) is 0.806. The lowest BCUT2D eigenvalue weighted by molar-refractivity contribution is -0.885. The summed E-state index contributed by atoms with van der Waals surface area (Å²) in [7, 11) is 1.57. The largest absolute Gasteiger partial charge is 0.495 e. The van der Waals surface area contributed by atoms with Crippen molar-refractivity contribution in [3.63, 3.8) is 0 Å². The van der Waals surface area contributed by atoms with Crippen LogP contribution in [0.3, 0.4) is 0 Å². The van der Waals surface area contributed by atoms with Gasteiger partial charge in [-0.1, -0.05) is 6.07 Å². The van der Waals surface area contributed by atoms with Crippen molar-refractivity contribution < 1.29 is 19.2 Å². The highest BCUT2D eigenvalue weighted by atomic mass is 16.5. The average molecular weight is 289 g/mol. The maximum absolute atomic E-state index is 12.3. The molecule has 0 saturated carbocycles. The first-order chi connectivity index (χ1) is 10.1. The van der Waals surface area contributed by atoms with Gasteiger partial charge in [0.2, 0.25) is 0 Å². The van der Waals surface area contributed by atoms with Gasteiger partial charge in [0.25, 0.3) is 11.7 Å². The number of rotatable bonds is 4. The first-order valence-electron chi connectivity index (χ1n) is 7.51. The molecular weight excluding hydrogens is 268 g/mol. The van der Waals surface area contributed by atoms with Crippen LogP contribution in [0.15, 0.2) is 12.1 Å². The number of amides is 1. The van der Waals surface area contributed by atoms with E-state index in [0.29, 0.717) is 23.5 Å². The lowest BCUT2D eigenvalue weighted by Crippen LogP contribution is -3.10. The van der Waals surface area contributed by atoms with Crippen molar-refractivity contribution in [1.29, 1.82) is 0 Å². The lowest BCUT2D eigenvalue weighted by atomic mass is 10.0. The molecular formula is C16H21N2O3+.